The fraction of sp³-hybridized carbons (Fsp3) is 0.286. The van der Waals surface area contributed by atoms with Crippen LogP contribution in [0, 0.1) is 0 Å². The van der Waals surface area contributed by atoms with Crippen LogP contribution in [-0.4, -0.2) is 27.0 Å². The molecule has 0 radical (unpaired) electrons. The van der Waals surface area contributed by atoms with Gasteiger partial charge in [0.25, 0.3) is 0 Å². The number of amides is 1. The van der Waals surface area contributed by atoms with Crippen LogP contribution in [-0.2, 0) is 17.8 Å². The van der Waals surface area contributed by atoms with E-state index in [-0.39, 0.29) is 5.91 Å². The average Bonchev–Trinajstić information content (AvgIpc) is 3.43. The van der Waals surface area contributed by atoms with Crippen LogP contribution in [0.4, 0.5) is 0 Å². The summed E-state index contributed by atoms with van der Waals surface area (Å²) in [6.45, 7) is 0.360. The van der Waals surface area contributed by atoms with Gasteiger partial charge in [-0.05, 0) is 49.1 Å². The van der Waals surface area contributed by atoms with E-state index in [2.05, 4.69) is 10.2 Å². The number of halogens is 1. The number of carbonyl (C=O) groups excluding carboxylic acids is 1. The number of nitrogens with zero attached hydrogens (tertiary/aromatic N) is 3. The second kappa shape index (κ2) is 7.92. The van der Waals surface area contributed by atoms with E-state index in [4.69, 9.17) is 16.0 Å². The van der Waals surface area contributed by atoms with Crippen molar-refractivity contribution in [3.8, 4) is 11.5 Å². The molecule has 1 saturated carbocycles. The molecule has 1 aliphatic carbocycles. The molecular formula is C21H20ClN3O2. The van der Waals surface area contributed by atoms with E-state index in [0.717, 1.165) is 24.8 Å². The van der Waals surface area contributed by atoms with E-state index in [1.807, 2.05) is 47.4 Å². The maximum atomic E-state index is 12.7. The zero-order valence-corrected chi connectivity index (χ0v) is 15.6. The van der Waals surface area contributed by atoms with Crippen LogP contribution in [0.5, 0.6) is 0 Å². The van der Waals surface area contributed by atoms with Gasteiger partial charge in [-0.1, -0.05) is 41.9 Å². The van der Waals surface area contributed by atoms with Crippen molar-refractivity contribution in [2.75, 3.05) is 0 Å². The highest BCUT2D eigenvalue weighted by Gasteiger charge is 2.33. The van der Waals surface area contributed by atoms with Crippen molar-refractivity contribution in [1.29, 1.82) is 0 Å². The van der Waals surface area contributed by atoms with Crippen LogP contribution in [0.25, 0.3) is 11.5 Å². The van der Waals surface area contributed by atoms with E-state index >= 15 is 0 Å². The predicted molar refractivity (Wildman–Crippen MR) is 103 cm³/mol. The number of hydrogen-bond donors (Lipinski definition) is 0. The van der Waals surface area contributed by atoms with Crippen molar-refractivity contribution < 1.29 is 9.21 Å². The Kier molecular flexibility index (Phi) is 5.21. The molecule has 0 aliphatic heterocycles. The number of rotatable bonds is 7. The Morgan fingerprint density at radius 2 is 1.81 bits per heavy atom. The quantitative estimate of drug-likeness (QED) is 0.604. The lowest BCUT2D eigenvalue weighted by Crippen LogP contribution is -2.32. The van der Waals surface area contributed by atoms with E-state index in [9.17, 15) is 4.79 Å². The summed E-state index contributed by atoms with van der Waals surface area (Å²) in [4.78, 5) is 14.6. The fourth-order valence-corrected chi connectivity index (χ4v) is 3.15. The maximum absolute atomic E-state index is 12.7. The zero-order valence-electron chi connectivity index (χ0n) is 14.8. The molecule has 0 N–H and O–H groups in total. The molecule has 27 heavy (non-hydrogen) atoms. The molecule has 6 heteroatoms. The third-order valence-electron chi connectivity index (χ3n) is 4.64. The molecule has 1 amide bonds. The number of carbonyl (C=O) groups is 1. The van der Waals surface area contributed by atoms with E-state index in [0.29, 0.717) is 35.8 Å². The predicted octanol–water partition coefficient (Wildman–Crippen LogP) is 4.51. The Hall–Kier alpha value is -2.66. The van der Waals surface area contributed by atoms with Gasteiger partial charge in [-0.3, -0.25) is 4.79 Å². The number of hydrogen-bond acceptors (Lipinski definition) is 4. The van der Waals surface area contributed by atoms with Crippen LogP contribution in [0.3, 0.4) is 0 Å². The van der Waals surface area contributed by atoms with Gasteiger partial charge >= 0.3 is 0 Å². The van der Waals surface area contributed by atoms with Gasteiger partial charge in [-0.15, -0.1) is 10.2 Å². The van der Waals surface area contributed by atoms with Gasteiger partial charge in [0.1, 0.15) is 0 Å². The standard InChI is InChI=1S/C21H20ClN3O2/c22-17-9-7-16(8-10-17)21-24-23-19(27-21)14-25(18-11-12-18)20(26)13-6-15-4-2-1-3-5-15/h1-5,7-10,18H,6,11-14H2. The molecule has 4 rings (SSSR count). The second-order valence-corrected chi connectivity index (χ2v) is 7.18. The molecule has 0 unspecified atom stereocenters. The highest BCUT2D eigenvalue weighted by Crippen LogP contribution is 2.29. The van der Waals surface area contributed by atoms with Crippen molar-refractivity contribution in [2.45, 2.75) is 38.3 Å². The van der Waals surface area contributed by atoms with E-state index in [1.54, 1.807) is 12.1 Å². The first kappa shape index (κ1) is 17.7. The van der Waals surface area contributed by atoms with Gasteiger partial charge in [-0.2, -0.15) is 0 Å². The van der Waals surface area contributed by atoms with Crippen LogP contribution in [0.1, 0.15) is 30.7 Å². The smallest absolute Gasteiger partial charge is 0.247 e. The minimum absolute atomic E-state index is 0.132. The minimum atomic E-state index is 0.132. The Balaban J connectivity index is 1.41. The molecular weight excluding hydrogens is 362 g/mol. The van der Waals surface area contributed by atoms with Crippen molar-refractivity contribution in [1.82, 2.24) is 15.1 Å². The summed E-state index contributed by atoms with van der Waals surface area (Å²) >= 11 is 5.91. The first-order chi connectivity index (χ1) is 13.2. The van der Waals surface area contributed by atoms with Gasteiger partial charge in [0.2, 0.25) is 17.7 Å². The summed E-state index contributed by atoms with van der Waals surface area (Å²) in [6, 6.07) is 17.6. The van der Waals surface area contributed by atoms with Gasteiger partial charge in [0.05, 0.1) is 6.54 Å². The van der Waals surface area contributed by atoms with Crippen LogP contribution >= 0.6 is 11.6 Å². The van der Waals surface area contributed by atoms with Crippen molar-refractivity contribution in [3.05, 3.63) is 71.1 Å². The number of benzene rings is 2. The van der Waals surface area contributed by atoms with E-state index < -0.39 is 0 Å². The molecule has 1 heterocycles. The normalized spacial score (nSPS) is 13.5. The van der Waals surface area contributed by atoms with Crippen LogP contribution < -0.4 is 0 Å². The molecule has 1 aromatic heterocycles. The van der Waals surface area contributed by atoms with Crippen LogP contribution in [0.2, 0.25) is 5.02 Å². The first-order valence-electron chi connectivity index (χ1n) is 9.11. The summed E-state index contributed by atoms with van der Waals surface area (Å²) in [5.74, 6) is 1.03. The van der Waals surface area contributed by atoms with Gasteiger partial charge in [-0.25, -0.2) is 0 Å². The highest BCUT2D eigenvalue weighted by atomic mass is 35.5. The minimum Gasteiger partial charge on any atom is -0.419 e. The topological polar surface area (TPSA) is 59.2 Å². The highest BCUT2D eigenvalue weighted by molar-refractivity contribution is 6.30. The fourth-order valence-electron chi connectivity index (χ4n) is 3.02. The van der Waals surface area contributed by atoms with E-state index in [1.165, 1.54) is 5.56 Å². The third kappa shape index (κ3) is 4.55. The number of aromatic nitrogens is 2. The Bertz CT molecular complexity index is 905. The third-order valence-corrected chi connectivity index (χ3v) is 4.89. The molecule has 0 atom stereocenters. The lowest BCUT2D eigenvalue weighted by molar-refractivity contribution is -0.132. The van der Waals surface area contributed by atoms with Gasteiger partial charge < -0.3 is 9.32 Å². The van der Waals surface area contributed by atoms with Crippen molar-refractivity contribution in [3.63, 3.8) is 0 Å². The summed E-state index contributed by atoms with van der Waals surface area (Å²) in [7, 11) is 0. The summed E-state index contributed by atoms with van der Waals surface area (Å²) in [6.07, 6.45) is 3.30. The molecule has 1 aliphatic rings. The Morgan fingerprint density at radius 1 is 1.07 bits per heavy atom. The molecule has 0 bridgehead atoms. The molecule has 0 saturated heterocycles. The average molecular weight is 382 g/mol. The molecule has 138 valence electrons. The van der Waals surface area contributed by atoms with Crippen molar-refractivity contribution >= 4 is 17.5 Å². The molecule has 0 spiro atoms. The monoisotopic (exact) mass is 381 g/mol. The largest absolute Gasteiger partial charge is 0.419 e. The lowest BCUT2D eigenvalue weighted by atomic mass is 10.1. The summed E-state index contributed by atoms with van der Waals surface area (Å²) in [5.41, 5.74) is 1.98. The first-order valence-corrected chi connectivity index (χ1v) is 9.48. The number of aryl methyl sites for hydroxylation is 1. The molecule has 3 aromatic rings. The Morgan fingerprint density at radius 3 is 2.52 bits per heavy atom. The maximum Gasteiger partial charge on any atom is 0.247 e. The van der Waals surface area contributed by atoms with Gasteiger partial charge in [0.15, 0.2) is 0 Å². The lowest BCUT2D eigenvalue weighted by Gasteiger charge is -2.20. The molecule has 5 nitrogen and oxygen atoms in total. The Labute approximate surface area is 163 Å². The summed E-state index contributed by atoms with van der Waals surface area (Å²) < 4.78 is 5.77. The van der Waals surface area contributed by atoms with Crippen LogP contribution in [0.15, 0.2) is 59.0 Å². The molecule has 1 fully saturated rings. The molecule has 2 aromatic carbocycles. The van der Waals surface area contributed by atoms with Gasteiger partial charge in [0, 0.05) is 23.0 Å². The summed E-state index contributed by atoms with van der Waals surface area (Å²) in [5, 5.41) is 8.88. The SMILES string of the molecule is O=C(CCc1ccccc1)N(Cc1nnc(-c2ccc(Cl)cc2)o1)C1CC1. The van der Waals surface area contributed by atoms with Crippen molar-refractivity contribution in [2.24, 2.45) is 0 Å². The second-order valence-electron chi connectivity index (χ2n) is 6.75. The zero-order chi connectivity index (χ0) is 18.6.